The van der Waals surface area contributed by atoms with Crippen molar-refractivity contribution in [3.05, 3.63) is 23.8 Å². The predicted molar refractivity (Wildman–Crippen MR) is 81.1 cm³/mol. The van der Waals surface area contributed by atoms with Crippen LogP contribution in [-0.4, -0.2) is 25.2 Å². The van der Waals surface area contributed by atoms with Crippen molar-refractivity contribution in [1.29, 1.82) is 0 Å². The first-order valence-electron chi connectivity index (χ1n) is 7.23. The third-order valence-electron chi connectivity index (χ3n) is 3.28. The molecule has 0 aromatic heterocycles. The van der Waals surface area contributed by atoms with Crippen LogP contribution in [0.3, 0.4) is 0 Å². The molecule has 0 saturated carbocycles. The Bertz CT molecular complexity index is 427. The minimum Gasteiger partial charge on any atom is -0.484 e. The molecule has 0 bridgehead atoms. The smallest absolute Gasteiger partial charge is 0.143 e. The molecule has 106 valence electrons. The second-order valence-electron chi connectivity index (χ2n) is 6.39. The zero-order chi connectivity index (χ0) is 13.9. The Morgan fingerprint density at radius 1 is 1.37 bits per heavy atom. The molecule has 19 heavy (non-hydrogen) atoms. The zero-order valence-corrected chi connectivity index (χ0v) is 12.5. The van der Waals surface area contributed by atoms with Crippen molar-refractivity contribution < 1.29 is 4.74 Å². The van der Waals surface area contributed by atoms with Crippen molar-refractivity contribution in [1.82, 2.24) is 5.32 Å². The second-order valence-corrected chi connectivity index (χ2v) is 6.39. The van der Waals surface area contributed by atoms with E-state index >= 15 is 0 Å². The Labute approximate surface area is 116 Å². The molecule has 0 aliphatic carbocycles. The quantitative estimate of drug-likeness (QED) is 0.800. The fraction of sp³-hybridized carbons (Fsp3) is 0.625. The lowest BCUT2D eigenvalue weighted by atomic mass is 10.0. The molecular formula is C16H26N2O. The molecule has 1 aliphatic heterocycles. The average Bonchev–Trinajstić information content (AvgIpc) is 2.33. The molecule has 0 atom stereocenters. The van der Waals surface area contributed by atoms with Gasteiger partial charge in [-0.1, -0.05) is 19.9 Å². The maximum Gasteiger partial charge on any atom is 0.143 e. The predicted octanol–water partition coefficient (Wildman–Crippen LogP) is 3.06. The molecular weight excluding hydrogens is 236 g/mol. The van der Waals surface area contributed by atoms with Gasteiger partial charge in [-0.3, -0.25) is 0 Å². The molecule has 0 fully saturated rings. The number of anilines is 1. The Hall–Kier alpha value is -1.22. The van der Waals surface area contributed by atoms with Crippen molar-refractivity contribution in [2.45, 2.75) is 39.7 Å². The molecule has 3 nitrogen and oxygen atoms in total. The summed E-state index contributed by atoms with van der Waals surface area (Å²) in [6.45, 7) is 11.6. The summed E-state index contributed by atoms with van der Waals surface area (Å²) in [6.07, 6.45) is 1.06. The van der Waals surface area contributed by atoms with E-state index in [2.05, 4.69) is 56.5 Å². The Morgan fingerprint density at radius 3 is 2.89 bits per heavy atom. The fourth-order valence-electron chi connectivity index (χ4n) is 2.23. The fourth-order valence-corrected chi connectivity index (χ4v) is 2.23. The SMILES string of the molecule is CC(C)CNCCc1ccc2c(c1)NCC(C)(C)O2. The second kappa shape index (κ2) is 5.83. The number of rotatable bonds is 5. The Balaban J connectivity index is 1.91. The lowest BCUT2D eigenvalue weighted by Crippen LogP contribution is -2.40. The van der Waals surface area contributed by atoms with Crippen LogP contribution in [0.15, 0.2) is 18.2 Å². The summed E-state index contributed by atoms with van der Waals surface area (Å²) in [5.41, 5.74) is 2.36. The minimum absolute atomic E-state index is 0.118. The van der Waals surface area contributed by atoms with Gasteiger partial charge in [0, 0.05) is 0 Å². The highest BCUT2D eigenvalue weighted by Gasteiger charge is 2.25. The van der Waals surface area contributed by atoms with Gasteiger partial charge < -0.3 is 15.4 Å². The highest BCUT2D eigenvalue weighted by atomic mass is 16.5. The number of hydrogen-bond donors (Lipinski definition) is 2. The van der Waals surface area contributed by atoms with Crippen molar-refractivity contribution in [2.75, 3.05) is 25.0 Å². The van der Waals surface area contributed by atoms with Gasteiger partial charge in [0.25, 0.3) is 0 Å². The average molecular weight is 262 g/mol. The van der Waals surface area contributed by atoms with Crippen LogP contribution in [0.5, 0.6) is 5.75 Å². The van der Waals surface area contributed by atoms with E-state index in [1.54, 1.807) is 0 Å². The highest BCUT2D eigenvalue weighted by Crippen LogP contribution is 2.33. The summed E-state index contributed by atoms with van der Waals surface area (Å²) in [5.74, 6) is 1.68. The summed E-state index contributed by atoms with van der Waals surface area (Å²) < 4.78 is 5.95. The van der Waals surface area contributed by atoms with E-state index in [1.807, 2.05) is 0 Å². The van der Waals surface area contributed by atoms with Crippen LogP contribution >= 0.6 is 0 Å². The molecule has 3 heteroatoms. The van der Waals surface area contributed by atoms with Crippen LogP contribution in [0, 0.1) is 5.92 Å². The minimum atomic E-state index is -0.118. The molecule has 2 rings (SSSR count). The van der Waals surface area contributed by atoms with Crippen LogP contribution in [0.4, 0.5) is 5.69 Å². The monoisotopic (exact) mass is 262 g/mol. The maximum atomic E-state index is 5.95. The van der Waals surface area contributed by atoms with Crippen LogP contribution in [0.25, 0.3) is 0 Å². The van der Waals surface area contributed by atoms with E-state index in [0.29, 0.717) is 5.92 Å². The molecule has 1 heterocycles. The third kappa shape index (κ3) is 4.13. The van der Waals surface area contributed by atoms with E-state index in [1.165, 1.54) is 5.56 Å². The van der Waals surface area contributed by atoms with Gasteiger partial charge in [0.05, 0.1) is 12.2 Å². The summed E-state index contributed by atoms with van der Waals surface area (Å²) >= 11 is 0. The summed E-state index contributed by atoms with van der Waals surface area (Å²) in [6, 6.07) is 6.46. The van der Waals surface area contributed by atoms with Crippen LogP contribution in [0.1, 0.15) is 33.3 Å². The number of benzene rings is 1. The van der Waals surface area contributed by atoms with Gasteiger partial charge in [0.2, 0.25) is 0 Å². The molecule has 0 unspecified atom stereocenters. The number of nitrogens with one attached hydrogen (secondary N) is 2. The Morgan fingerprint density at radius 2 is 2.16 bits per heavy atom. The highest BCUT2D eigenvalue weighted by molar-refractivity contribution is 5.60. The van der Waals surface area contributed by atoms with Crippen LogP contribution < -0.4 is 15.4 Å². The molecule has 0 spiro atoms. The first-order chi connectivity index (χ1) is 8.96. The molecule has 1 aliphatic rings. The first-order valence-corrected chi connectivity index (χ1v) is 7.23. The van der Waals surface area contributed by atoms with E-state index in [4.69, 9.17) is 4.74 Å². The summed E-state index contributed by atoms with van der Waals surface area (Å²) in [7, 11) is 0. The number of hydrogen-bond acceptors (Lipinski definition) is 3. The molecule has 1 aromatic rings. The van der Waals surface area contributed by atoms with E-state index in [0.717, 1.165) is 37.5 Å². The van der Waals surface area contributed by atoms with Crippen molar-refractivity contribution >= 4 is 5.69 Å². The van der Waals surface area contributed by atoms with Crippen LogP contribution in [0.2, 0.25) is 0 Å². The standard InChI is InChI=1S/C16H26N2O/c1-12(2)10-17-8-7-13-5-6-15-14(9-13)18-11-16(3,4)19-15/h5-6,9,12,17-18H,7-8,10-11H2,1-4H3. The maximum absolute atomic E-state index is 5.95. The van der Waals surface area contributed by atoms with Gasteiger partial charge in [-0.2, -0.15) is 0 Å². The number of ether oxygens (including phenoxy) is 1. The molecule has 0 amide bonds. The van der Waals surface area contributed by atoms with Gasteiger partial charge in [0.1, 0.15) is 11.4 Å². The summed E-state index contributed by atoms with van der Waals surface area (Å²) in [5, 5.41) is 6.93. The van der Waals surface area contributed by atoms with Crippen molar-refractivity contribution in [2.24, 2.45) is 5.92 Å². The number of fused-ring (bicyclic) bond motifs is 1. The third-order valence-corrected chi connectivity index (χ3v) is 3.28. The molecule has 1 aromatic carbocycles. The normalized spacial score (nSPS) is 16.7. The van der Waals surface area contributed by atoms with Gasteiger partial charge in [-0.05, 0) is 57.0 Å². The van der Waals surface area contributed by atoms with Crippen molar-refractivity contribution in [3.63, 3.8) is 0 Å². The molecule has 2 N–H and O–H groups in total. The van der Waals surface area contributed by atoms with E-state index in [9.17, 15) is 0 Å². The van der Waals surface area contributed by atoms with Gasteiger partial charge in [0.15, 0.2) is 0 Å². The van der Waals surface area contributed by atoms with Gasteiger partial charge in [-0.25, -0.2) is 0 Å². The largest absolute Gasteiger partial charge is 0.484 e. The topological polar surface area (TPSA) is 33.3 Å². The lowest BCUT2D eigenvalue weighted by molar-refractivity contribution is 0.116. The first kappa shape index (κ1) is 14.2. The van der Waals surface area contributed by atoms with Gasteiger partial charge >= 0.3 is 0 Å². The van der Waals surface area contributed by atoms with Crippen molar-refractivity contribution in [3.8, 4) is 5.75 Å². The zero-order valence-electron chi connectivity index (χ0n) is 12.5. The van der Waals surface area contributed by atoms with E-state index < -0.39 is 0 Å². The molecule has 0 radical (unpaired) electrons. The lowest BCUT2D eigenvalue weighted by Gasteiger charge is -2.33. The van der Waals surface area contributed by atoms with Crippen LogP contribution in [-0.2, 0) is 6.42 Å². The van der Waals surface area contributed by atoms with Gasteiger partial charge in [-0.15, -0.1) is 0 Å². The summed E-state index contributed by atoms with van der Waals surface area (Å²) in [4.78, 5) is 0. The molecule has 0 saturated heterocycles. The van der Waals surface area contributed by atoms with E-state index in [-0.39, 0.29) is 5.60 Å². The Kier molecular flexibility index (Phi) is 4.35.